The molecule has 0 aliphatic heterocycles. The van der Waals surface area contributed by atoms with Crippen LogP contribution in [0.5, 0.6) is 0 Å². The van der Waals surface area contributed by atoms with Crippen LogP contribution in [0.25, 0.3) is 0 Å². The van der Waals surface area contributed by atoms with E-state index in [1.165, 1.54) is 5.56 Å². The lowest BCUT2D eigenvalue weighted by molar-refractivity contribution is 1.08. The number of hydrogen-bond donors (Lipinski definition) is 1. The van der Waals surface area contributed by atoms with Crippen molar-refractivity contribution in [3.8, 4) is 0 Å². The molecule has 0 aromatic heterocycles. The van der Waals surface area contributed by atoms with Gasteiger partial charge in [0.1, 0.15) is 4.32 Å². The summed E-state index contributed by atoms with van der Waals surface area (Å²) in [5.74, 6) is 0.920. The monoisotopic (exact) mass is 223 g/mol. The smallest absolute Gasteiger partial charge is 0.134 e. The van der Waals surface area contributed by atoms with Crippen LogP contribution in [-0.2, 0) is 5.75 Å². The lowest BCUT2D eigenvalue weighted by atomic mass is 10.2. The Morgan fingerprint density at radius 2 is 2.14 bits per heavy atom. The molecule has 1 rings (SSSR count). The lowest BCUT2D eigenvalue weighted by Crippen LogP contribution is -2.17. The van der Waals surface area contributed by atoms with Crippen LogP contribution in [-0.4, -0.2) is 10.9 Å². The van der Waals surface area contributed by atoms with E-state index in [0.29, 0.717) is 0 Å². The minimum absolute atomic E-state index is 0.737. The van der Waals surface area contributed by atoms with E-state index < -0.39 is 0 Å². The molecule has 1 aromatic rings. The van der Waals surface area contributed by atoms with Crippen molar-refractivity contribution in [3.63, 3.8) is 0 Å². The van der Waals surface area contributed by atoms with Crippen molar-refractivity contribution >= 4 is 28.3 Å². The third kappa shape index (κ3) is 4.44. The molecule has 0 radical (unpaired) electrons. The molecule has 0 saturated heterocycles. The van der Waals surface area contributed by atoms with Crippen molar-refractivity contribution in [2.45, 2.75) is 5.75 Å². The summed E-state index contributed by atoms with van der Waals surface area (Å²) in [6.07, 6.45) is 1.80. The Kier molecular flexibility index (Phi) is 5.33. The molecule has 0 saturated carbocycles. The zero-order valence-electron chi connectivity index (χ0n) is 7.90. The van der Waals surface area contributed by atoms with E-state index in [9.17, 15) is 0 Å². The van der Waals surface area contributed by atoms with Crippen LogP contribution in [0.15, 0.2) is 43.0 Å². The van der Waals surface area contributed by atoms with Gasteiger partial charge in [-0.25, -0.2) is 0 Å². The van der Waals surface area contributed by atoms with Gasteiger partial charge in [-0.3, -0.25) is 0 Å². The van der Waals surface area contributed by atoms with Gasteiger partial charge in [0, 0.05) is 12.3 Å². The van der Waals surface area contributed by atoms with Gasteiger partial charge in [-0.1, -0.05) is 60.4 Å². The predicted molar refractivity (Wildman–Crippen MR) is 68.5 cm³/mol. The van der Waals surface area contributed by atoms with Gasteiger partial charge in [0.25, 0.3) is 0 Å². The summed E-state index contributed by atoms with van der Waals surface area (Å²) in [5, 5.41) is 3.08. The van der Waals surface area contributed by atoms with E-state index in [1.807, 2.05) is 18.2 Å². The molecule has 0 aliphatic carbocycles. The molecule has 1 nitrogen and oxygen atoms in total. The van der Waals surface area contributed by atoms with E-state index >= 15 is 0 Å². The van der Waals surface area contributed by atoms with Gasteiger partial charge in [0.05, 0.1) is 0 Å². The predicted octanol–water partition coefficient (Wildman–Crippen LogP) is 2.98. The molecule has 1 N–H and O–H groups in total. The Balaban J connectivity index is 2.27. The number of thioether (sulfide) groups is 1. The highest BCUT2D eigenvalue weighted by molar-refractivity contribution is 8.22. The fourth-order valence-electron chi connectivity index (χ4n) is 0.930. The largest absolute Gasteiger partial charge is 0.368 e. The highest BCUT2D eigenvalue weighted by Gasteiger charge is 1.96. The fraction of sp³-hybridized carbons (Fsp3) is 0.182. The van der Waals surface area contributed by atoms with Gasteiger partial charge < -0.3 is 5.32 Å². The van der Waals surface area contributed by atoms with Crippen LogP contribution in [0, 0.1) is 0 Å². The van der Waals surface area contributed by atoms with E-state index in [-0.39, 0.29) is 0 Å². The first-order valence-electron chi connectivity index (χ1n) is 4.38. The Hall–Kier alpha value is -0.800. The number of rotatable bonds is 4. The minimum Gasteiger partial charge on any atom is -0.368 e. The first kappa shape index (κ1) is 11.3. The molecule has 0 spiro atoms. The Labute approximate surface area is 94.6 Å². The van der Waals surface area contributed by atoms with Crippen molar-refractivity contribution in [3.05, 3.63) is 48.6 Å². The molecule has 0 heterocycles. The topological polar surface area (TPSA) is 12.0 Å². The summed E-state index contributed by atoms with van der Waals surface area (Å²) >= 11 is 6.76. The molecule has 14 heavy (non-hydrogen) atoms. The maximum atomic E-state index is 5.12. The van der Waals surface area contributed by atoms with Gasteiger partial charge >= 0.3 is 0 Å². The summed E-state index contributed by atoms with van der Waals surface area (Å²) < 4.78 is 0.828. The molecule has 0 fully saturated rings. The number of benzene rings is 1. The van der Waals surface area contributed by atoms with Crippen LogP contribution in [0.3, 0.4) is 0 Å². The van der Waals surface area contributed by atoms with Crippen LogP contribution in [0.4, 0.5) is 0 Å². The molecule has 0 atom stereocenters. The van der Waals surface area contributed by atoms with Crippen molar-refractivity contribution in [2.24, 2.45) is 0 Å². The first-order valence-corrected chi connectivity index (χ1v) is 5.78. The molecule has 0 unspecified atom stereocenters. The third-order valence-electron chi connectivity index (χ3n) is 1.60. The third-order valence-corrected chi connectivity index (χ3v) is 2.99. The van der Waals surface area contributed by atoms with E-state index in [4.69, 9.17) is 12.2 Å². The quantitative estimate of drug-likeness (QED) is 0.622. The SMILES string of the molecule is C=CCNC(=S)SCc1ccccc1. The van der Waals surface area contributed by atoms with Crippen LogP contribution in [0.1, 0.15) is 5.56 Å². The lowest BCUT2D eigenvalue weighted by Gasteiger charge is -2.04. The molecular weight excluding hydrogens is 210 g/mol. The van der Waals surface area contributed by atoms with E-state index in [0.717, 1.165) is 16.6 Å². The minimum atomic E-state index is 0.737. The van der Waals surface area contributed by atoms with Gasteiger partial charge in [0.15, 0.2) is 0 Å². The summed E-state index contributed by atoms with van der Waals surface area (Å²) in [5.41, 5.74) is 1.29. The van der Waals surface area contributed by atoms with Crippen LogP contribution in [0.2, 0.25) is 0 Å². The molecule has 0 amide bonds. The summed E-state index contributed by atoms with van der Waals surface area (Å²) in [6.45, 7) is 4.36. The Bertz CT molecular complexity index is 295. The maximum absolute atomic E-state index is 5.12. The van der Waals surface area contributed by atoms with Crippen molar-refractivity contribution in [1.82, 2.24) is 5.32 Å². The fourth-order valence-corrected chi connectivity index (χ4v) is 1.87. The molecule has 1 aromatic carbocycles. The number of hydrogen-bond acceptors (Lipinski definition) is 2. The summed E-state index contributed by atoms with van der Waals surface area (Å²) in [7, 11) is 0. The average Bonchev–Trinajstić information content (AvgIpc) is 2.25. The van der Waals surface area contributed by atoms with E-state index in [1.54, 1.807) is 17.8 Å². The van der Waals surface area contributed by atoms with Crippen LogP contribution < -0.4 is 5.32 Å². The normalized spacial score (nSPS) is 9.43. The van der Waals surface area contributed by atoms with Crippen molar-refractivity contribution in [1.29, 1.82) is 0 Å². The van der Waals surface area contributed by atoms with E-state index in [2.05, 4.69) is 24.0 Å². The van der Waals surface area contributed by atoms with Crippen molar-refractivity contribution < 1.29 is 0 Å². The Morgan fingerprint density at radius 3 is 2.79 bits per heavy atom. The zero-order valence-corrected chi connectivity index (χ0v) is 9.53. The molecular formula is C11H13NS2. The van der Waals surface area contributed by atoms with Gasteiger partial charge in [-0.05, 0) is 5.56 Å². The van der Waals surface area contributed by atoms with Gasteiger partial charge in [-0.2, -0.15) is 0 Å². The zero-order chi connectivity index (χ0) is 10.2. The van der Waals surface area contributed by atoms with Crippen LogP contribution >= 0.6 is 24.0 Å². The van der Waals surface area contributed by atoms with Gasteiger partial charge in [-0.15, -0.1) is 6.58 Å². The second-order valence-corrected chi connectivity index (χ2v) is 4.38. The molecule has 3 heteroatoms. The number of nitrogens with one attached hydrogen (secondary N) is 1. The molecule has 0 bridgehead atoms. The molecule has 0 aliphatic rings. The molecule has 74 valence electrons. The standard InChI is InChI=1S/C11H13NS2/c1-2-8-12-11(13)14-9-10-6-4-3-5-7-10/h2-7H,1,8-9H2,(H,12,13). The number of thiocarbonyl (C=S) groups is 1. The second kappa shape index (κ2) is 6.62. The maximum Gasteiger partial charge on any atom is 0.134 e. The summed E-state index contributed by atoms with van der Waals surface area (Å²) in [4.78, 5) is 0. The first-order chi connectivity index (χ1) is 6.83. The van der Waals surface area contributed by atoms with Crippen molar-refractivity contribution in [2.75, 3.05) is 6.54 Å². The summed E-state index contributed by atoms with van der Waals surface area (Å²) in [6, 6.07) is 10.3. The average molecular weight is 223 g/mol. The highest BCUT2D eigenvalue weighted by Crippen LogP contribution is 2.12. The Morgan fingerprint density at radius 1 is 1.43 bits per heavy atom. The highest BCUT2D eigenvalue weighted by atomic mass is 32.2. The second-order valence-electron chi connectivity index (χ2n) is 2.73. The van der Waals surface area contributed by atoms with Gasteiger partial charge in [0.2, 0.25) is 0 Å².